The van der Waals surface area contributed by atoms with Crippen LogP contribution < -0.4 is 5.73 Å². The van der Waals surface area contributed by atoms with E-state index >= 15 is 0 Å². The standard InChI is InChI=1S/C7H6BrN2O2.Y/c1-12-7(11)6-5(9)2-4(8)3-10-6;/h2H,9H2,1H3;/q-1;. The topological polar surface area (TPSA) is 65.2 Å². The van der Waals surface area contributed by atoms with Crippen molar-refractivity contribution in [1.29, 1.82) is 0 Å². The van der Waals surface area contributed by atoms with Crippen LogP contribution in [0.1, 0.15) is 10.5 Å². The van der Waals surface area contributed by atoms with Crippen LogP contribution in [0.4, 0.5) is 5.69 Å². The second-order valence-corrected chi connectivity index (χ2v) is 2.87. The second-order valence-electron chi connectivity index (χ2n) is 2.01. The van der Waals surface area contributed by atoms with Crippen LogP contribution in [-0.4, -0.2) is 18.1 Å². The summed E-state index contributed by atoms with van der Waals surface area (Å²) in [6.07, 6.45) is 2.54. The van der Waals surface area contributed by atoms with Gasteiger partial charge in [-0.15, -0.1) is 6.07 Å². The van der Waals surface area contributed by atoms with E-state index in [1.807, 2.05) is 0 Å². The molecular formula is C7H6BrN2O2Y-. The van der Waals surface area contributed by atoms with E-state index in [-0.39, 0.29) is 44.1 Å². The molecule has 0 amide bonds. The summed E-state index contributed by atoms with van der Waals surface area (Å²) < 4.78 is 5.04. The molecule has 6 heteroatoms. The third-order valence-electron chi connectivity index (χ3n) is 1.21. The van der Waals surface area contributed by atoms with Crippen molar-refractivity contribution in [3.8, 4) is 0 Å². The summed E-state index contributed by atoms with van der Waals surface area (Å²) in [5, 5.41) is 0. The average molecular weight is 319 g/mol. The van der Waals surface area contributed by atoms with Crippen molar-refractivity contribution in [2.24, 2.45) is 0 Å². The molecule has 67 valence electrons. The summed E-state index contributed by atoms with van der Waals surface area (Å²) in [5.41, 5.74) is 5.84. The third kappa shape index (κ3) is 3.33. The van der Waals surface area contributed by atoms with Gasteiger partial charge in [-0.3, -0.25) is 4.79 Å². The quantitative estimate of drug-likeness (QED) is 0.620. The zero-order valence-corrected chi connectivity index (χ0v) is 11.3. The number of methoxy groups -OCH3 is 1. The smallest absolute Gasteiger partial charge is 0.300 e. The van der Waals surface area contributed by atoms with Crippen LogP contribution in [0.5, 0.6) is 0 Å². The predicted molar refractivity (Wildman–Crippen MR) is 46.5 cm³/mol. The van der Waals surface area contributed by atoms with E-state index in [1.165, 1.54) is 7.11 Å². The Hall–Kier alpha value is 0.00390. The van der Waals surface area contributed by atoms with E-state index in [0.717, 1.165) is 0 Å². The maximum Gasteiger partial charge on any atom is 0.300 e. The molecule has 0 spiro atoms. The Morgan fingerprint density at radius 3 is 2.85 bits per heavy atom. The van der Waals surface area contributed by atoms with E-state index in [9.17, 15) is 4.79 Å². The van der Waals surface area contributed by atoms with Gasteiger partial charge in [-0.2, -0.15) is 0 Å². The number of anilines is 1. The molecule has 1 heterocycles. The molecule has 0 saturated carbocycles. The van der Waals surface area contributed by atoms with Crippen LogP contribution in [-0.2, 0) is 37.4 Å². The largest absolute Gasteiger partial charge is 0.473 e. The van der Waals surface area contributed by atoms with Gasteiger partial charge in [0.15, 0.2) is 0 Å². The number of hydrogen-bond acceptors (Lipinski definition) is 4. The molecule has 4 nitrogen and oxygen atoms in total. The van der Waals surface area contributed by atoms with Gasteiger partial charge in [0.2, 0.25) is 0 Å². The number of carbonyl (C=O) groups is 1. The fourth-order valence-corrected chi connectivity index (χ4v) is 1.01. The molecule has 1 aromatic heterocycles. The second kappa shape index (κ2) is 5.67. The molecule has 0 aliphatic heterocycles. The maximum absolute atomic E-state index is 10.9. The number of ether oxygens (including phenoxy) is 1. The van der Waals surface area contributed by atoms with Crippen LogP contribution in [0.2, 0.25) is 0 Å². The minimum atomic E-state index is -0.559. The first-order valence-corrected chi connectivity index (χ1v) is 3.86. The minimum absolute atomic E-state index is 0. The summed E-state index contributed by atoms with van der Waals surface area (Å²) in [4.78, 5) is 14.6. The first kappa shape index (κ1) is 13.0. The average Bonchev–Trinajstić information content (AvgIpc) is 2.03. The summed E-state index contributed by atoms with van der Waals surface area (Å²) in [6, 6.07) is 1.54. The molecule has 0 fully saturated rings. The van der Waals surface area contributed by atoms with Crippen molar-refractivity contribution in [3.63, 3.8) is 0 Å². The number of nitrogens with zero attached hydrogens (tertiary/aromatic N) is 1. The third-order valence-corrected chi connectivity index (χ3v) is 1.62. The molecule has 0 atom stereocenters. The molecule has 0 bridgehead atoms. The molecule has 2 N–H and O–H groups in total. The molecule has 0 saturated heterocycles. The molecule has 0 unspecified atom stereocenters. The fourth-order valence-electron chi connectivity index (χ4n) is 0.671. The Morgan fingerprint density at radius 1 is 1.77 bits per heavy atom. The zero-order chi connectivity index (χ0) is 9.14. The van der Waals surface area contributed by atoms with Crippen molar-refractivity contribution in [3.05, 3.63) is 22.4 Å². The van der Waals surface area contributed by atoms with E-state index in [4.69, 9.17) is 5.73 Å². The molecular weight excluding hydrogens is 313 g/mol. The van der Waals surface area contributed by atoms with E-state index < -0.39 is 5.97 Å². The molecule has 0 aliphatic carbocycles. The summed E-state index contributed by atoms with van der Waals surface area (Å²) in [7, 11) is 1.27. The van der Waals surface area contributed by atoms with Crippen molar-refractivity contribution in [2.45, 2.75) is 0 Å². The summed E-state index contributed by atoms with van der Waals surface area (Å²) in [5.74, 6) is -0.559. The van der Waals surface area contributed by atoms with Crippen molar-refractivity contribution < 1.29 is 42.2 Å². The Labute approximate surface area is 109 Å². The van der Waals surface area contributed by atoms with Gasteiger partial charge in [0.1, 0.15) is 0 Å². The van der Waals surface area contributed by atoms with Gasteiger partial charge >= 0.3 is 5.97 Å². The van der Waals surface area contributed by atoms with Crippen LogP contribution in [0.15, 0.2) is 10.5 Å². The zero-order valence-electron chi connectivity index (χ0n) is 6.87. The number of carbonyl (C=O) groups excluding carboxylic acids is 1. The molecule has 1 aromatic rings. The number of nitrogens with two attached hydrogens (primary N) is 1. The number of aromatic nitrogens is 1. The Balaban J connectivity index is 0.00000144. The van der Waals surface area contributed by atoms with Gasteiger partial charge in [0, 0.05) is 32.7 Å². The predicted octanol–water partition coefficient (Wildman–Crippen LogP) is 1.01. The van der Waals surface area contributed by atoms with Gasteiger partial charge in [-0.1, -0.05) is 26.6 Å². The summed E-state index contributed by atoms with van der Waals surface area (Å²) >= 11 is 3.12. The summed E-state index contributed by atoms with van der Waals surface area (Å²) in [6.45, 7) is 0. The van der Waals surface area contributed by atoms with Crippen LogP contribution in [0, 0.1) is 6.20 Å². The van der Waals surface area contributed by atoms with Crippen LogP contribution in [0.25, 0.3) is 0 Å². The minimum Gasteiger partial charge on any atom is -0.473 e. The number of hydrogen-bond donors (Lipinski definition) is 1. The van der Waals surface area contributed by atoms with Gasteiger partial charge in [0.05, 0.1) is 12.8 Å². The molecule has 13 heavy (non-hydrogen) atoms. The number of rotatable bonds is 1. The van der Waals surface area contributed by atoms with Gasteiger partial charge < -0.3 is 15.5 Å². The number of esters is 1. The Kier molecular flexibility index (Phi) is 5.68. The molecule has 0 aliphatic rings. The van der Waals surface area contributed by atoms with E-state index in [2.05, 4.69) is 31.8 Å². The SMILES string of the molecule is COC(=O)c1n[c-]c(Br)cc1N.[Y]. The van der Waals surface area contributed by atoms with Crippen LogP contribution >= 0.6 is 15.9 Å². The first-order valence-electron chi connectivity index (χ1n) is 3.07. The van der Waals surface area contributed by atoms with Crippen LogP contribution in [0.3, 0.4) is 0 Å². The van der Waals surface area contributed by atoms with Gasteiger partial charge in [0.25, 0.3) is 0 Å². The van der Waals surface area contributed by atoms with Gasteiger partial charge in [-0.05, 0) is 5.69 Å². The normalized spacial score (nSPS) is 8.77. The number of pyridine rings is 1. The van der Waals surface area contributed by atoms with Gasteiger partial charge in [-0.25, -0.2) is 0 Å². The molecule has 1 radical (unpaired) electrons. The van der Waals surface area contributed by atoms with Crippen molar-refractivity contribution in [1.82, 2.24) is 4.98 Å². The van der Waals surface area contributed by atoms with E-state index in [0.29, 0.717) is 4.47 Å². The molecule has 0 aromatic carbocycles. The monoisotopic (exact) mass is 318 g/mol. The Morgan fingerprint density at radius 2 is 2.38 bits per heavy atom. The van der Waals surface area contributed by atoms with E-state index in [1.54, 1.807) is 6.07 Å². The fraction of sp³-hybridized carbons (Fsp3) is 0.143. The number of halogens is 1. The van der Waals surface area contributed by atoms with Crippen molar-refractivity contribution in [2.75, 3.05) is 12.8 Å². The molecule has 1 rings (SSSR count). The maximum atomic E-state index is 10.9. The van der Waals surface area contributed by atoms with Crippen molar-refractivity contribution >= 4 is 27.6 Å². The Bertz CT molecular complexity index is 319. The first-order chi connectivity index (χ1) is 5.65. The number of nitrogen functional groups attached to an aromatic ring is 1.